The lowest BCUT2D eigenvalue weighted by molar-refractivity contribution is 0.386. The summed E-state index contributed by atoms with van der Waals surface area (Å²) in [7, 11) is 1.49. The minimum Gasteiger partial charge on any atom is -0.494 e. The van der Waals surface area contributed by atoms with E-state index in [0.717, 1.165) is 18.5 Å². The molecule has 0 aromatic heterocycles. The number of rotatable bonds is 4. The van der Waals surface area contributed by atoms with Crippen molar-refractivity contribution in [2.75, 3.05) is 13.7 Å². The quantitative estimate of drug-likeness (QED) is 0.886. The minimum atomic E-state index is -0.260. The van der Waals surface area contributed by atoms with E-state index in [1.807, 2.05) is 6.07 Å². The molecule has 0 bridgehead atoms. The molecule has 1 aliphatic carbocycles. The van der Waals surface area contributed by atoms with E-state index in [2.05, 4.69) is 26.1 Å². The predicted molar refractivity (Wildman–Crippen MR) is 71.6 cm³/mol. The Morgan fingerprint density at radius 3 is 2.67 bits per heavy atom. The Kier molecular flexibility index (Phi) is 3.62. The monoisotopic (exact) mass is 251 g/mol. The summed E-state index contributed by atoms with van der Waals surface area (Å²) in [6.45, 7) is 7.49. The molecule has 1 fully saturated rings. The lowest BCUT2D eigenvalue weighted by atomic mass is 10.1. The van der Waals surface area contributed by atoms with Crippen LogP contribution < -0.4 is 10.1 Å². The Balaban J connectivity index is 1.93. The van der Waals surface area contributed by atoms with Gasteiger partial charge in [-0.1, -0.05) is 6.07 Å². The maximum Gasteiger partial charge on any atom is 0.165 e. The largest absolute Gasteiger partial charge is 0.494 e. The van der Waals surface area contributed by atoms with Crippen LogP contribution in [0.25, 0.3) is 0 Å². The molecule has 0 heterocycles. The molecule has 2 atom stereocenters. The third kappa shape index (κ3) is 3.22. The molecule has 100 valence electrons. The summed E-state index contributed by atoms with van der Waals surface area (Å²) in [6, 6.07) is 5.31. The van der Waals surface area contributed by atoms with Crippen LogP contribution >= 0.6 is 0 Å². The van der Waals surface area contributed by atoms with Gasteiger partial charge in [0.15, 0.2) is 11.6 Å². The van der Waals surface area contributed by atoms with Gasteiger partial charge in [0.25, 0.3) is 0 Å². The highest BCUT2D eigenvalue weighted by Gasteiger charge is 2.38. The van der Waals surface area contributed by atoms with Crippen molar-refractivity contribution in [3.63, 3.8) is 0 Å². The van der Waals surface area contributed by atoms with E-state index >= 15 is 0 Å². The second-order valence-corrected chi connectivity index (χ2v) is 6.13. The fraction of sp³-hybridized carbons (Fsp3) is 0.600. The number of methoxy groups -OCH3 is 1. The summed E-state index contributed by atoms with van der Waals surface area (Å²) in [5.41, 5.74) is 1.24. The van der Waals surface area contributed by atoms with Crippen LogP contribution in [0.15, 0.2) is 18.2 Å². The zero-order valence-electron chi connectivity index (χ0n) is 11.6. The molecule has 1 aromatic carbocycles. The number of hydrogen-bond donors (Lipinski definition) is 1. The van der Waals surface area contributed by atoms with Crippen LogP contribution in [0.2, 0.25) is 0 Å². The summed E-state index contributed by atoms with van der Waals surface area (Å²) >= 11 is 0. The lowest BCUT2D eigenvalue weighted by Crippen LogP contribution is -2.37. The Labute approximate surface area is 109 Å². The van der Waals surface area contributed by atoms with Crippen molar-refractivity contribution in [2.45, 2.75) is 38.6 Å². The molecule has 0 saturated heterocycles. The molecule has 0 aliphatic heterocycles. The van der Waals surface area contributed by atoms with Gasteiger partial charge in [-0.05, 0) is 63.3 Å². The zero-order valence-corrected chi connectivity index (χ0v) is 11.6. The van der Waals surface area contributed by atoms with Crippen LogP contribution in [0.3, 0.4) is 0 Å². The van der Waals surface area contributed by atoms with Crippen molar-refractivity contribution >= 4 is 0 Å². The smallest absolute Gasteiger partial charge is 0.165 e. The molecule has 0 amide bonds. The van der Waals surface area contributed by atoms with Crippen molar-refractivity contribution < 1.29 is 9.13 Å². The van der Waals surface area contributed by atoms with E-state index < -0.39 is 0 Å². The van der Waals surface area contributed by atoms with Crippen molar-refractivity contribution in [1.82, 2.24) is 5.32 Å². The zero-order chi connectivity index (χ0) is 13.3. The van der Waals surface area contributed by atoms with E-state index in [9.17, 15) is 4.39 Å². The lowest BCUT2D eigenvalue weighted by Gasteiger charge is -2.20. The Morgan fingerprint density at radius 1 is 1.39 bits per heavy atom. The summed E-state index contributed by atoms with van der Waals surface area (Å²) in [5, 5.41) is 3.50. The van der Waals surface area contributed by atoms with Crippen LogP contribution in [0.5, 0.6) is 5.75 Å². The number of nitrogens with one attached hydrogen (secondary N) is 1. The standard InChI is InChI=1S/C15H22FNO/c1-15(2,3)17-9-11-7-12(11)10-5-6-14(18-4)13(16)8-10/h5-6,8,11-12,17H,7,9H2,1-4H3. The maximum absolute atomic E-state index is 13.6. The Morgan fingerprint density at radius 2 is 2.11 bits per heavy atom. The SMILES string of the molecule is COc1ccc(C2CC2CNC(C)(C)C)cc1F. The molecule has 1 N–H and O–H groups in total. The van der Waals surface area contributed by atoms with Gasteiger partial charge in [0.2, 0.25) is 0 Å². The van der Waals surface area contributed by atoms with Gasteiger partial charge in [-0.3, -0.25) is 0 Å². The molecule has 18 heavy (non-hydrogen) atoms. The highest BCUT2D eigenvalue weighted by molar-refractivity contribution is 5.34. The highest BCUT2D eigenvalue weighted by atomic mass is 19.1. The molecule has 1 aromatic rings. The van der Waals surface area contributed by atoms with Gasteiger partial charge in [-0.2, -0.15) is 0 Å². The first kappa shape index (κ1) is 13.3. The van der Waals surface area contributed by atoms with E-state index in [0.29, 0.717) is 17.6 Å². The fourth-order valence-corrected chi connectivity index (χ4v) is 2.23. The third-order valence-electron chi connectivity index (χ3n) is 3.42. The molecular formula is C15H22FNO. The average Bonchev–Trinajstić information content (AvgIpc) is 3.04. The second kappa shape index (κ2) is 4.88. The predicted octanol–water partition coefficient (Wildman–Crippen LogP) is 3.33. The number of halogens is 1. The van der Waals surface area contributed by atoms with Crippen LogP contribution in [0, 0.1) is 11.7 Å². The first-order valence-corrected chi connectivity index (χ1v) is 6.49. The molecule has 3 heteroatoms. The molecule has 2 rings (SSSR count). The first-order valence-electron chi connectivity index (χ1n) is 6.49. The average molecular weight is 251 g/mol. The van der Waals surface area contributed by atoms with E-state index in [4.69, 9.17) is 4.74 Å². The first-order chi connectivity index (χ1) is 8.40. The van der Waals surface area contributed by atoms with E-state index in [1.54, 1.807) is 12.1 Å². The second-order valence-electron chi connectivity index (χ2n) is 6.13. The van der Waals surface area contributed by atoms with Crippen molar-refractivity contribution in [3.8, 4) is 5.75 Å². The van der Waals surface area contributed by atoms with Crippen molar-refractivity contribution in [2.24, 2.45) is 5.92 Å². The maximum atomic E-state index is 13.6. The molecule has 2 unspecified atom stereocenters. The number of hydrogen-bond acceptors (Lipinski definition) is 2. The summed E-state index contributed by atoms with van der Waals surface area (Å²) in [6.07, 6.45) is 1.15. The minimum absolute atomic E-state index is 0.151. The molecule has 1 aliphatic rings. The van der Waals surface area contributed by atoms with Gasteiger partial charge >= 0.3 is 0 Å². The Bertz CT molecular complexity index is 425. The van der Waals surface area contributed by atoms with Crippen LogP contribution in [0.4, 0.5) is 4.39 Å². The molecule has 1 saturated carbocycles. The highest BCUT2D eigenvalue weighted by Crippen LogP contribution is 2.47. The Hall–Kier alpha value is -1.09. The van der Waals surface area contributed by atoms with Gasteiger partial charge in [-0.15, -0.1) is 0 Å². The van der Waals surface area contributed by atoms with Crippen molar-refractivity contribution in [1.29, 1.82) is 0 Å². The van der Waals surface area contributed by atoms with Crippen molar-refractivity contribution in [3.05, 3.63) is 29.6 Å². The van der Waals surface area contributed by atoms with E-state index in [-0.39, 0.29) is 11.4 Å². The van der Waals surface area contributed by atoms with Gasteiger partial charge in [0.05, 0.1) is 7.11 Å². The molecule has 2 nitrogen and oxygen atoms in total. The van der Waals surface area contributed by atoms with Gasteiger partial charge in [-0.25, -0.2) is 4.39 Å². The normalized spacial score (nSPS) is 22.9. The molecular weight excluding hydrogens is 229 g/mol. The fourth-order valence-electron chi connectivity index (χ4n) is 2.23. The van der Waals surface area contributed by atoms with Crippen LogP contribution in [-0.2, 0) is 0 Å². The summed E-state index contributed by atoms with van der Waals surface area (Å²) in [5.74, 6) is 1.20. The van der Waals surface area contributed by atoms with Crippen LogP contribution in [0.1, 0.15) is 38.7 Å². The van der Waals surface area contributed by atoms with Gasteiger partial charge in [0.1, 0.15) is 0 Å². The molecule has 0 radical (unpaired) electrons. The third-order valence-corrected chi connectivity index (χ3v) is 3.42. The van der Waals surface area contributed by atoms with Gasteiger partial charge in [0, 0.05) is 5.54 Å². The number of ether oxygens (including phenoxy) is 1. The van der Waals surface area contributed by atoms with Gasteiger partial charge < -0.3 is 10.1 Å². The van der Waals surface area contributed by atoms with Crippen LogP contribution in [-0.4, -0.2) is 19.2 Å². The summed E-state index contributed by atoms with van der Waals surface area (Å²) in [4.78, 5) is 0. The summed E-state index contributed by atoms with van der Waals surface area (Å²) < 4.78 is 18.5. The van der Waals surface area contributed by atoms with E-state index in [1.165, 1.54) is 7.11 Å². The topological polar surface area (TPSA) is 21.3 Å². The molecule has 0 spiro atoms. The number of benzene rings is 1.